The molecular weight excluding hydrogens is 429 g/mol. The van der Waals surface area contributed by atoms with Crippen LogP contribution in [0, 0.1) is 0 Å². The molecule has 0 aromatic heterocycles. The van der Waals surface area contributed by atoms with Gasteiger partial charge in [0.2, 0.25) is 0 Å². The molecule has 0 bridgehead atoms. The Balaban J connectivity index is -0.00000116. The van der Waals surface area contributed by atoms with E-state index >= 15 is 0 Å². The van der Waals surface area contributed by atoms with Crippen LogP contribution in [0.1, 0.15) is 136 Å². The van der Waals surface area contributed by atoms with Crippen LogP contribution in [0.2, 0.25) is 0 Å². The molecule has 0 spiro atoms. The van der Waals surface area contributed by atoms with Crippen LogP contribution in [-0.2, 0) is 10.4 Å². The lowest BCUT2D eigenvalue weighted by molar-refractivity contribution is 0.381. The minimum atomic E-state index is -4.67. The van der Waals surface area contributed by atoms with Gasteiger partial charge < -0.3 is 6.15 Å². The summed E-state index contributed by atoms with van der Waals surface area (Å²) in [6.45, 7) is 6.96. The van der Waals surface area contributed by atoms with Crippen LogP contribution in [0.3, 0.4) is 0 Å². The maximum absolute atomic E-state index is 8.74. The van der Waals surface area contributed by atoms with E-state index in [0.717, 1.165) is 0 Å². The molecule has 0 amide bonds. The van der Waals surface area contributed by atoms with E-state index in [-0.39, 0.29) is 6.15 Å². The molecule has 0 heterocycles. The molecule has 0 atom stereocenters. The molecule has 0 aliphatic carbocycles. The zero-order chi connectivity index (χ0) is 22.9. The van der Waals surface area contributed by atoms with Gasteiger partial charge in [0.25, 0.3) is 0 Å². The van der Waals surface area contributed by atoms with Gasteiger partial charge in [-0.25, -0.2) is 0 Å². The lowest BCUT2D eigenvalue weighted by Gasteiger charge is -2.18. The number of hydrogen-bond donors (Lipinski definition) is 3. The van der Waals surface area contributed by atoms with E-state index in [1.54, 1.807) is 18.5 Å². The molecule has 0 saturated carbocycles. The second-order valence-electron chi connectivity index (χ2n) is 8.59. The Morgan fingerprint density at radius 1 is 0.484 bits per heavy atom. The zero-order valence-corrected chi connectivity index (χ0v) is 22.8. The van der Waals surface area contributed by atoms with Crippen molar-refractivity contribution in [3.63, 3.8) is 0 Å². The van der Waals surface area contributed by atoms with Crippen molar-refractivity contribution in [2.45, 2.75) is 136 Å². The van der Waals surface area contributed by atoms with Crippen LogP contribution in [0.15, 0.2) is 0 Å². The predicted molar refractivity (Wildman–Crippen MR) is 141 cm³/mol. The van der Waals surface area contributed by atoms with E-state index in [1.165, 1.54) is 116 Å². The van der Waals surface area contributed by atoms with Gasteiger partial charge in [-0.1, -0.05) is 117 Å². The standard InChI is InChI=1S/C24H51P.H3N.H2O4S/c1-4-7-10-13-16-19-22-25(23-20-17-14-11-8-5-2)24-21-18-15-12-9-6-3;;1-5(2,3)4/h4-24H2,1-3H3;1H3;(H2,1,2,3,4). The summed E-state index contributed by atoms with van der Waals surface area (Å²) in [7, 11) is -4.30. The van der Waals surface area contributed by atoms with Gasteiger partial charge in [0, 0.05) is 0 Å². The maximum Gasteiger partial charge on any atom is 0.394 e. The molecule has 5 N–H and O–H groups in total. The van der Waals surface area contributed by atoms with Gasteiger partial charge in [-0.05, 0) is 37.7 Å². The summed E-state index contributed by atoms with van der Waals surface area (Å²) in [5.41, 5.74) is 0. The first-order valence-corrected chi connectivity index (χ1v) is 16.1. The molecule has 0 aromatic rings. The molecule has 0 fully saturated rings. The molecule has 0 rings (SSSR count). The van der Waals surface area contributed by atoms with Crippen LogP contribution in [0.4, 0.5) is 0 Å². The van der Waals surface area contributed by atoms with E-state index in [9.17, 15) is 0 Å². The van der Waals surface area contributed by atoms with Crippen molar-refractivity contribution in [3.05, 3.63) is 0 Å². The Labute approximate surface area is 196 Å². The van der Waals surface area contributed by atoms with Crippen LogP contribution in [-0.4, -0.2) is 36.0 Å². The van der Waals surface area contributed by atoms with Crippen molar-refractivity contribution in [2.75, 3.05) is 18.5 Å². The first-order chi connectivity index (χ1) is 14.3. The third-order valence-corrected chi connectivity index (χ3v) is 8.33. The quantitative estimate of drug-likeness (QED) is 0.0853. The van der Waals surface area contributed by atoms with Crippen molar-refractivity contribution in [1.29, 1.82) is 0 Å². The SMILES string of the molecule is CCCCCCCCP(CCCCCCCC)CCCCCCCC.N.O=S(=O)(O)O. The number of unbranched alkanes of at least 4 members (excludes halogenated alkanes) is 15. The molecule has 5 nitrogen and oxygen atoms in total. The van der Waals surface area contributed by atoms with Crippen LogP contribution in [0.25, 0.3) is 0 Å². The lowest BCUT2D eigenvalue weighted by atomic mass is 10.1. The van der Waals surface area contributed by atoms with Crippen LogP contribution < -0.4 is 6.15 Å². The van der Waals surface area contributed by atoms with Crippen molar-refractivity contribution < 1.29 is 17.5 Å². The van der Waals surface area contributed by atoms with Gasteiger partial charge in [-0.2, -0.15) is 8.42 Å². The molecule has 192 valence electrons. The Morgan fingerprint density at radius 2 is 0.677 bits per heavy atom. The average Bonchev–Trinajstić information content (AvgIpc) is 2.68. The molecule has 0 aliphatic heterocycles. The van der Waals surface area contributed by atoms with Gasteiger partial charge >= 0.3 is 10.4 Å². The smallest absolute Gasteiger partial charge is 0.344 e. The monoisotopic (exact) mass is 485 g/mol. The molecule has 0 unspecified atom stereocenters. The van der Waals surface area contributed by atoms with Gasteiger partial charge in [-0.3, -0.25) is 9.11 Å². The third-order valence-electron chi connectivity index (χ3n) is 5.48. The summed E-state index contributed by atoms with van der Waals surface area (Å²) < 4.78 is 31.6. The highest BCUT2D eigenvalue weighted by molar-refractivity contribution is 7.79. The second-order valence-corrected chi connectivity index (χ2v) is 12.2. The van der Waals surface area contributed by atoms with Crippen molar-refractivity contribution in [2.24, 2.45) is 0 Å². The minimum absolute atomic E-state index is 0. The van der Waals surface area contributed by atoms with Gasteiger partial charge in [0.05, 0.1) is 0 Å². The number of rotatable bonds is 21. The van der Waals surface area contributed by atoms with Crippen molar-refractivity contribution in [3.8, 4) is 0 Å². The van der Waals surface area contributed by atoms with E-state index in [4.69, 9.17) is 17.5 Å². The van der Waals surface area contributed by atoms with Crippen molar-refractivity contribution in [1.82, 2.24) is 6.15 Å². The Morgan fingerprint density at radius 3 is 0.903 bits per heavy atom. The van der Waals surface area contributed by atoms with E-state index in [0.29, 0.717) is 7.92 Å². The molecule has 0 aromatic carbocycles. The average molecular weight is 486 g/mol. The normalized spacial score (nSPS) is 11.2. The van der Waals surface area contributed by atoms with Gasteiger partial charge in [0.15, 0.2) is 0 Å². The van der Waals surface area contributed by atoms with Crippen molar-refractivity contribution >= 4 is 18.3 Å². The first kappa shape index (κ1) is 35.8. The van der Waals surface area contributed by atoms with E-state index in [2.05, 4.69) is 20.8 Å². The lowest BCUT2D eigenvalue weighted by Crippen LogP contribution is -1.97. The Bertz CT molecular complexity index is 376. The fourth-order valence-corrected chi connectivity index (χ4v) is 6.37. The van der Waals surface area contributed by atoms with Crippen LogP contribution in [0.5, 0.6) is 0 Å². The molecule has 0 aliphatic rings. The minimum Gasteiger partial charge on any atom is -0.344 e. The molecule has 0 radical (unpaired) electrons. The second kappa shape index (κ2) is 28.3. The van der Waals surface area contributed by atoms with Crippen LogP contribution >= 0.6 is 7.92 Å². The highest BCUT2D eigenvalue weighted by Gasteiger charge is 2.07. The summed E-state index contributed by atoms with van der Waals surface area (Å²) in [6, 6.07) is 0. The molecule has 31 heavy (non-hydrogen) atoms. The van der Waals surface area contributed by atoms with E-state index < -0.39 is 10.4 Å². The maximum atomic E-state index is 8.74. The highest BCUT2D eigenvalue weighted by Crippen LogP contribution is 2.39. The van der Waals surface area contributed by atoms with Gasteiger partial charge in [0.1, 0.15) is 0 Å². The largest absolute Gasteiger partial charge is 0.394 e. The first-order valence-electron chi connectivity index (χ1n) is 12.8. The summed E-state index contributed by atoms with van der Waals surface area (Å²) in [6.07, 6.45) is 31.2. The molecular formula is C24H56NO4PS. The Kier molecular flexibility index (Phi) is 32.7. The molecule has 0 saturated heterocycles. The highest BCUT2D eigenvalue weighted by atomic mass is 32.3. The summed E-state index contributed by atoms with van der Waals surface area (Å²) >= 11 is 0. The summed E-state index contributed by atoms with van der Waals surface area (Å²) in [4.78, 5) is 0. The fraction of sp³-hybridized carbons (Fsp3) is 1.00. The zero-order valence-electron chi connectivity index (χ0n) is 21.1. The number of hydrogen-bond acceptors (Lipinski definition) is 3. The predicted octanol–water partition coefficient (Wildman–Crippen LogP) is 9.06. The fourth-order valence-electron chi connectivity index (χ4n) is 3.68. The third kappa shape index (κ3) is 41.1. The summed E-state index contributed by atoms with van der Waals surface area (Å²) in [5.74, 6) is 0. The molecule has 7 heteroatoms. The van der Waals surface area contributed by atoms with E-state index in [1.807, 2.05) is 0 Å². The Hall–Kier alpha value is 0.260. The van der Waals surface area contributed by atoms with Gasteiger partial charge in [-0.15, -0.1) is 7.92 Å². The summed E-state index contributed by atoms with van der Waals surface area (Å²) in [5, 5.41) is 0. The topological polar surface area (TPSA) is 110 Å².